The zero-order chi connectivity index (χ0) is 16.1. The second-order valence-corrected chi connectivity index (χ2v) is 7.07. The average molecular weight is 358 g/mol. The molecule has 1 amide bonds. The number of carboxylic acid groups (broad SMARTS) is 1. The number of nitrogens with one attached hydrogen (secondary N) is 1. The van der Waals surface area contributed by atoms with E-state index >= 15 is 0 Å². The molecule has 0 bridgehead atoms. The van der Waals surface area contributed by atoms with E-state index in [1.165, 1.54) is 29.3 Å². The first-order valence-electron chi connectivity index (χ1n) is 6.20. The van der Waals surface area contributed by atoms with Gasteiger partial charge in [-0.2, -0.15) is 0 Å². The van der Waals surface area contributed by atoms with Crippen LogP contribution in [0.25, 0.3) is 0 Å². The summed E-state index contributed by atoms with van der Waals surface area (Å²) in [7, 11) is 0. The minimum absolute atomic E-state index is 0.122. The van der Waals surface area contributed by atoms with Crippen LogP contribution in [0.5, 0.6) is 0 Å². The maximum Gasteiger partial charge on any atom is 0.309 e. The number of pyridine rings is 1. The molecule has 6 nitrogen and oxygen atoms in total. The Kier molecular flexibility index (Phi) is 5.76. The van der Waals surface area contributed by atoms with Crippen LogP contribution in [0, 0.1) is 0 Å². The Morgan fingerprint density at radius 1 is 1.55 bits per heavy atom. The van der Waals surface area contributed by atoms with Gasteiger partial charge in [0.15, 0.2) is 9.49 Å². The third-order valence-corrected chi connectivity index (χ3v) is 4.95. The van der Waals surface area contributed by atoms with Gasteiger partial charge in [-0.3, -0.25) is 9.59 Å². The fourth-order valence-corrected chi connectivity index (χ4v) is 3.64. The summed E-state index contributed by atoms with van der Waals surface area (Å²) in [6.45, 7) is 1.74. The maximum absolute atomic E-state index is 12.1. The number of carboxylic acids is 1. The monoisotopic (exact) mass is 357 g/mol. The van der Waals surface area contributed by atoms with Gasteiger partial charge in [-0.1, -0.05) is 23.4 Å². The molecule has 9 heteroatoms. The highest BCUT2D eigenvalue weighted by molar-refractivity contribution is 8.02. The second kappa shape index (κ2) is 7.57. The van der Waals surface area contributed by atoms with Crippen molar-refractivity contribution < 1.29 is 14.7 Å². The van der Waals surface area contributed by atoms with E-state index in [-0.39, 0.29) is 17.5 Å². The molecule has 22 heavy (non-hydrogen) atoms. The number of aliphatic carboxylic acids is 1. The van der Waals surface area contributed by atoms with Crippen LogP contribution < -0.4 is 5.32 Å². The Labute approximate surface area is 139 Å². The number of hydrogen-bond donors (Lipinski definition) is 2. The molecule has 2 heterocycles. The predicted molar refractivity (Wildman–Crippen MR) is 86.6 cm³/mol. The molecule has 2 aromatic rings. The number of carbonyl (C=O) groups is 2. The normalized spacial score (nSPS) is 11.9. The van der Waals surface area contributed by atoms with Crippen molar-refractivity contribution in [3.05, 3.63) is 34.6 Å². The van der Waals surface area contributed by atoms with Gasteiger partial charge in [0.05, 0.1) is 23.1 Å². The smallest absolute Gasteiger partial charge is 0.309 e. The fraction of sp³-hybridized carbons (Fsp3) is 0.231. The van der Waals surface area contributed by atoms with Gasteiger partial charge in [-0.05, 0) is 19.1 Å². The lowest BCUT2D eigenvalue weighted by Gasteiger charge is -2.10. The van der Waals surface area contributed by atoms with Crippen molar-refractivity contribution in [3.63, 3.8) is 0 Å². The molecule has 0 aliphatic rings. The van der Waals surface area contributed by atoms with Crippen molar-refractivity contribution in [1.82, 2.24) is 9.97 Å². The number of hydrogen-bond acceptors (Lipinski definition) is 6. The number of anilines is 1. The third-order valence-electron chi connectivity index (χ3n) is 2.53. The van der Waals surface area contributed by atoms with Crippen molar-refractivity contribution in [2.45, 2.75) is 22.9 Å². The Bertz CT molecular complexity index is 693. The Morgan fingerprint density at radius 2 is 2.32 bits per heavy atom. The lowest BCUT2D eigenvalue weighted by molar-refractivity contribution is -0.136. The highest BCUT2D eigenvalue weighted by atomic mass is 35.5. The molecule has 2 rings (SSSR count). The van der Waals surface area contributed by atoms with Gasteiger partial charge < -0.3 is 10.4 Å². The van der Waals surface area contributed by atoms with E-state index in [9.17, 15) is 9.59 Å². The van der Waals surface area contributed by atoms with E-state index in [0.29, 0.717) is 15.7 Å². The van der Waals surface area contributed by atoms with Crippen LogP contribution in [0.3, 0.4) is 0 Å². The summed E-state index contributed by atoms with van der Waals surface area (Å²) < 4.78 is 0.649. The summed E-state index contributed by atoms with van der Waals surface area (Å²) in [6.07, 6.45) is 1.42. The minimum Gasteiger partial charge on any atom is -0.481 e. The summed E-state index contributed by atoms with van der Waals surface area (Å²) in [5.74, 6) is -1.16. The number of rotatable bonds is 6. The van der Waals surface area contributed by atoms with Crippen LogP contribution >= 0.6 is 34.7 Å². The molecule has 2 N–H and O–H groups in total. The first-order chi connectivity index (χ1) is 10.5. The van der Waals surface area contributed by atoms with E-state index in [0.717, 1.165) is 0 Å². The molecular weight excluding hydrogens is 346 g/mol. The van der Waals surface area contributed by atoms with E-state index < -0.39 is 11.2 Å². The van der Waals surface area contributed by atoms with Crippen LogP contribution in [0.1, 0.15) is 12.6 Å². The number of carbonyl (C=O) groups excluding carboxylic acids is 1. The maximum atomic E-state index is 12.1. The Hall–Kier alpha value is -1.64. The van der Waals surface area contributed by atoms with Crippen molar-refractivity contribution in [2.24, 2.45) is 0 Å². The van der Waals surface area contributed by atoms with Crippen LogP contribution in [0.4, 0.5) is 5.69 Å². The summed E-state index contributed by atoms with van der Waals surface area (Å²) in [4.78, 5) is 30.8. The third kappa shape index (κ3) is 4.69. The van der Waals surface area contributed by atoms with Gasteiger partial charge in [0.1, 0.15) is 0 Å². The van der Waals surface area contributed by atoms with Gasteiger partial charge in [0.2, 0.25) is 5.91 Å². The van der Waals surface area contributed by atoms with Gasteiger partial charge in [0.25, 0.3) is 0 Å². The van der Waals surface area contributed by atoms with Crippen LogP contribution in [-0.2, 0) is 16.0 Å². The average Bonchev–Trinajstić information content (AvgIpc) is 2.87. The quantitative estimate of drug-likeness (QED) is 0.610. The van der Waals surface area contributed by atoms with E-state index in [2.05, 4.69) is 15.3 Å². The summed E-state index contributed by atoms with van der Waals surface area (Å²) in [5, 5.41) is 12.9. The lowest BCUT2D eigenvalue weighted by Crippen LogP contribution is -2.22. The molecule has 0 fully saturated rings. The number of halogens is 1. The second-order valence-electron chi connectivity index (χ2n) is 4.27. The minimum atomic E-state index is -0.932. The Morgan fingerprint density at radius 3 is 3.00 bits per heavy atom. The molecule has 0 saturated heterocycles. The van der Waals surface area contributed by atoms with E-state index in [1.807, 2.05) is 0 Å². The molecule has 116 valence electrons. The topological polar surface area (TPSA) is 92.2 Å². The first kappa shape index (κ1) is 16.7. The lowest BCUT2D eigenvalue weighted by atomic mass is 10.3. The van der Waals surface area contributed by atoms with Crippen LogP contribution in [-0.4, -0.2) is 32.2 Å². The molecule has 2 aromatic heterocycles. The van der Waals surface area contributed by atoms with Crippen molar-refractivity contribution in [1.29, 1.82) is 0 Å². The largest absolute Gasteiger partial charge is 0.481 e. The first-order valence-corrected chi connectivity index (χ1v) is 8.33. The fourth-order valence-electron chi connectivity index (χ4n) is 1.50. The predicted octanol–water partition coefficient (Wildman–Crippen LogP) is 2.94. The van der Waals surface area contributed by atoms with Crippen molar-refractivity contribution in [3.8, 4) is 0 Å². The molecule has 0 aromatic carbocycles. The van der Waals surface area contributed by atoms with Gasteiger partial charge in [0, 0.05) is 11.6 Å². The van der Waals surface area contributed by atoms with Crippen LogP contribution in [0.2, 0.25) is 5.15 Å². The summed E-state index contributed by atoms with van der Waals surface area (Å²) in [5.41, 5.74) is 0.940. The SMILES string of the molecule is C[C@@H](Sc1nc(CC(=O)O)cs1)C(=O)Nc1cccnc1Cl. The van der Waals surface area contributed by atoms with Crippen LogP contribution in [0.15, 0.2) is 28.0 Å². The van der Waals surface area contributed by atoms with Crippen molar-refractivity contribution >= 4 is 52.3 Å². The molecule has 0 aliphatic heterocycles. The molecule has 1 atom stereocenters. The Balaban J connectivity index is 1.95. The van der Waals surface area contributed by atoms with Crippen molar-refractivity contribution in [2.75, 3.05) is 5.32 Å². The number of amides is 1. The van der Waals surface area contributed by atoms with E-state index in [4.69, 9.17) is 16.7 Å². The summed E-state index contributed by atoms with van der Waals surface area (Å²) >= 11 is 8.47. The zero-order valence-corrected chi connectivity index (χ0v) is 13.8. The zero-order valence-electron chi connectivity index (χ0n) is 11.4. The van der Waals surface area contributed by atoms with Gasteiger partial charge in [-0.25, -0.2) is 9.97 Å². The molecule has 0 radical (unpaired) electrons. The molecular formula is C13H12ClN3O3S2. The van der Waals surface area contributed by atoms with Gasteiger partial charge >= 0.3 is 5.97 Å². The van der Waals surface area contributed by atoms with E-state index in [1.54, 1.807) is 24.4 Å². The molecule has 0 saturated carbocycles. The molecule has 0 spiro atoms. The summed E-state index contributed by atoms with van der Waals surface area (Å²) in [6, 6.07) is 3.34. The van der Waals surface area contributed by atoms with Gasteiger partial charge in [-0.15, -0.1) is 11.3 Å². The number of thioether (sulfide) groups is 1. The number of thiazole rings is 1. The number of aromatic nitrogens is 2. The highest BCUT2D eigenvalue weighted by Gasteiger charge is 2.18. The molecule has 0 aliphatic carbocycles. The highest BCUT2D eigenvalue weighted by Crippen LogP contribution is 2.28. The number of nitrogens with zero attached hydrogens (tertiary/aromatic N) is 2. The standard InChI is InChI=1S/C13H12ClN3O3S2/c1-7(12(20)17-9-3-2-4-15-11(9)14)22-13-16-8(6-21-13)5-10(18)19/h2-4,6-7H,5H2,1H3,(H,17,20)(H,18,19)/t7-/m1/s1. The molecule has 0 unspecified atom stereocenters.